The number of fused-ring (bicyclic) bond motifs is 1. The van der Waals surface area contributed by atoms with Crippen LogP contribution in [0, 0.1) is 5.92 Å². The summed E-state index contributed by atoms with van der Waals surface area (Å²) >= 11 is 0. The van der Waals surface area contributed by atoms with Crippen molar-refractivity contribution in [3.8, 4) is 5.75 Å². The molecule has 0 N–H and O–H groups in total. The molecule has 0 aromatic heterocycles. The molecule has 3 aliphatic rings. The highest BCUT2D eigenvalue weighted by atomic mass is 16.5. The molecule has 150 valence electrons. The van der Waals surface area contributed by atoms with Crippen LogP contribution in [0.15, 0.2) is 24.3 Å². The summed E-state index contributed by atoms with van der Waals surface area (Å²) < 4.78 is 11.8. The smallest absolute Gasteiger partial charge is 0.119 e. The maximum atomic E-state index is 5.94. The molecule has 2 saturated heterocycles. The Morgan fingerprint density at radius 1 is 1.11 bits per heavy atom. The number of morpholine rings is 1. The summed E-state index contributed by atoms with van der Waals surface area (Å²) in [7, 11) is 4.19. The van der Waals surface area contributed by atoms with Crippen LogP contribution in [-0.4, -0.2) is 86.9 Å². The Kier molecular flexibility index (Phi) is 6.33. The van der Waals surface area contributed by atoms with Crippen LogP contribution in [0.4, 0.5) is 0 Å². The van der Waals surface area contributed by atoms with E-state index in [0.717, 1.165) is 57.5 Å². The van der Waals surface area contributed by atoms with Gasteiger partial charge in [-0.2, -0.15) is 0 Å². The summed E-state index contributed by atoms with van der Waals surface area (Å²) in [6, 6.07) is 9.95. The summed E-state index contributed by atoms with van der Waals surface area (Å²) in [5.74, 6) is 1.89. The van der Waals surface area contributed by atoms with Crippen molar-refractivity contribution >= 4 is 0 Å². The quantitative estimate of drug-likeness (QED) is 0.652. The highest BCUT2D eigenvalue weighted by molar-refractivity contribution is 5.27. The van der Waals surface area contributed by atoms with Crippen LogP contribution in [0.3, 0.4) is 0 Å². The van der Waals surface area contributed by atoms with Crippen LogP contribution in [0.25, 0.3) is 0 Å². The van der Waals surface area contributed by atoms with E-state index in [1.54, 1.807) is 0 Å². The second kappa shape index (κ2) is 8.91. The molecule has 1 aromatic rings. The average molecular weight is 374 g/mol. The summed E-state index contributed by atoms with van der Waals surface area (Å²) in [4.78, 5) is 7.53. The standard InChI is InChI=1S/C22H35N3O2/c1-23(2)10-3-13-27-21-8-4-18(5-9-21)14-24-11-12-25-20(15-24)16-26-17-22(25)19-6-7-19/h4-5,8-9,19-20,22H,3,6-7,10-17H2,1-2H3/t20-,22-/m1/s1. The third-order valence-corrected chi connectivity index (χ3v) is 6.15. The van der Waals surface area contributed by atoms with Crippen molar-refractivity contribution in [2.24, 2.45) is 5.92 Å². The molecule has 2 atom stereocenters. The van der Waals surface area contributed by atoms with Crippen molar-refractivity contribution in [2.45, 2.75) is 37.9 Å². The van der Waals surface area contributed by atoms with Gasteiger partial charge in [0.2, 0.25) is 0 Å². The molecule has 4 rings (SSSR count). The summed E-state index contributed by atoms with van der Waals surface area (Å²) in [6.07, 6.45) is 3.87. The van der Waals surface area contributed by atoms with Crippen LogP contribution >= 0.6 is 0 Å². The van der Waals surface area contributed by atoms with Gasteiger partial charge in [0.15, 0.2) is 0 Å². The zero-order chi connectivity index (χ0) is 18.6. The molecule has 5 nitrogen and oxygen atoms in total. The van der Waals surface area contributed by atoms with Gasteiger partial charge in [0.1, 0.15) is 5.75 Å². The summed E-state index contributed by atoms with van der Waals surface area (Å²) in [5, 5.41) is 0. The normalized spacial score (nSPS) is 26.9. The van der Waals surface area contributed by atoms with Crippen LogP contribution in [0.2, 0.25) is 0 Å². The first kappa shape index (κ1) is 19.2. The van der Waals surface area contributed by atoms with E-state index in [4.69, 9.17) is 9.47 Å². The van der Waals surface area contributed by atoms with E-state index in [1.165, 1.54) is 31.5 Å². The molecule has 1 saturated carbocycles. The van der Waals surface area contributed by atoms with Gasteiger partial charge >= 0.3 is 0 Å². The molecule has 0 bridgehead atoms. The molecule has 5 heteroatoms. The predicted molar refractivity (Wildman–Crippen MR) is 108 cm³/mol. The van der Waals surface area contributed by atoms with Gasteiger partial charge in [0.25, 0.3) is 0 Å². The maximum absolute atomic E-state index is 5.94. The van der Waals surface area contributed by atoms with E-state index in [2.05, 4.69) is 53.1 Å². The minimum Gasteiger partial charge on any atom is -0.494 e. The number of hydrogen-bond donors (Lipinski definition) is 0. The monoisotopic (exact) mass is 373 g/mol. The Morgan fingerprint density at radius 2 is 1.93 bits per heavy atom. The molecule has 27 heavy (non-hydrogen) atoms. The highest BCUT2D eigenvalue weighted by Crippen LogP contribution is 2.38. The number of piperazine rings is 1. The van der Waals surface area contributed by atoms with Gasteiger partial charge in [0, 0.05) is 44.8 Å². The first-order chi connectivity index (χ1) is 13.2. The first-order valence-corrected chi connectivity index (χ1v) is 10.6. The molecule has 0 radical (unpaired) electrons. The Bertz CT molecular complexity index is 588. The molecule has 0 amide bonds. The maximum Gasteiger partial charge on any atom is 0.119 e. The van der Waals surface area contributed by atoms with Crippen LogP contribution in [0.5, 0.6) is 5.75 Å². The topological polar surface area (TPSA) is 28.2 Å². The number of hydrogen-bond acceptors (Lipinski definition) is 5. The van der Waals surface area contributed by atoms with E-state index in [9.17, 15) is 0 Å². The van der Waals surface area contributed by atoms with E-state index in [1.807, 2.05) is 0 Å². The van der Waals surface area contributed by atoms with Crippen molar-refractivity contribution in [2.75, 3.05) is 60.1 Å². The average Bonchev–Trinajstić information content (AvgIpc) is 3.51. The lowest BCUT2D eigenvalue weighted by Gasteiger charge is -2.48. The SMILES string of the molecule is CN(C)CCCOc1ccc(CN2CCN3[C@@H](COC[C@@H]3C3CC3)C2)cc1. The molecule has 2 aliphatic heterocycles. The lowest BCUT2D eigenvalue weighted by Crippen LogP contribution is -2.62. The number of rotatable bonds is 8. The zero-order valence-corrected chi connectivity index (χ0v) is 17.0. The molecular formula is C22H35N3O2. The van der Waals surface area contributed by atoms with Gasteiger partial charge in [-0.1, -0.05) is 12.1 Å². The molecule has 2 heterocycles. The second-order valence-electron chi connectivity index (χ2n) is 8.72. The summed E-state index contributed by atoms with van der Waals surface area (Å²) in [5.41, 5.74) is 1.37. The lowest BCUT2D eigenvalue weighted by atomic mass is 10.0. The van der Waals surface area contributed by atoms with Crippen molar-refractivity contribution < 1.29 is 9.47 Å². The molecule has 3 fully saturated rings. The van der Waals surface area contributed by atoms with Gasteiger partial charge in [0.05, 0.1) is 19.8 Å². The van der Waals surface area contributed by atoms with Crippen LogP contribution in [0.1, 0.15) is 24.8 Å². The molecule has 1 aromatic carbocycles. The van der Waals surface area contributed by atoms with Gasteiger partial charge in [-0.05, 0) is 57.0 Å². The third kappa shape index (κ3) is 5.23. The fourth-order valence-corrected chi connectivity index (χ4v) is 4.49. The highest BCUT2D eigenvalue weighted by Gasteiger charge is 2.42. The lowest BCUT2D eigenvalue weighted by molar-refractivity contribution is -0.0880. The van der Waals surface area contributed by atoms with E-state index in [0.29, 0.717) is 12.1 Å². The molecule has 1 aliphatic carbocycles. The number of benzene rings is 1. The van der Waals surface area contributed by atoms with Crippen molar-refractivity contribution in [1.29, 1.82) is 0 Å². The minimum atomic E-state index is 0.581. The number of nitrogens with zero attached hydrogens (tertiary/aromatic N) is 3. The van der Waals surface area contributed by atoms with Crippen LogP contribution < -0.4 is 4.74 Å². The Balaban J connectivity index is 1.23. The van der Waals surface area contributed by atoms with Crippen LogP contribution in [-0.2, 0) is 11.3 Å². The fraction of sp³-hybridized carbons (Fsp3) is 0.727. The largest absolute Gasteiger partial charge is 0.494 e. The molecule has 0 unspecified atom stereocenters. The van der Waals surface area contributed by atoms with E-state index < -0.39 is 0 Å². The van der Waals surface area contributed by atoms with Gasteiger partial charge in [-0.25, -0.2) is 0 Å². The third-order valence-electron chi connectivity index (χ3n) is 6.15. The van der Waals surface area contributed by atoms with Crippen molar-refractivity contribution in [3.05, 3.63) is 29.8 Å². The van der Waals surface area contributed by atoms with Gasteiger partial charge < -0.3 is 14.4 Å². The minimum absolute atomic E-state index is 0.581. The first-order valence-electron chi connectivity index (χ1n) is 10.6. The molecule has 0 spiro atoms. The van der Waals surface area contributed by atoms with E-state index in [-0.39, 0.29) is 0 Å². The summed E-state index contributed by atoms with van der Waals surface area (Å²) in [6.45, 7) is 8.23. The fourth-order valence-electron chi connectivity index (χ4n) is 4.49. The molecular weight excluding hydrogens is 338 g/mol. The predicted octanol–water partition coefficient (Wildman–Crippen LogP) is 2.31. The Labute approximate surface area is 164 Å². The van der Waals surface area contributed by atoms with Gasteiger partial charge in [-0.3, -0.25) is 9.80 Å². The zero-order valence-electron chi connectivity index (χ0n) is 17.0. The second-order valence-corrected chi connectivity index (χ2v) is 8.72. The van der Waals surface area contributed by atoms with E-state index >= 15 is 0 Å². The van der Waals surface area contributed by atoms with Gasteiger partial charge in [-0.15, -0.1) is 0 Å². The van der Waals surface area contributed by atoms with Crippen molar-refractivity contribution in [3.63, 3.8) is 0 Å². The number of ether oxygens (including phenoxy) is 2. The Hall–Kier alpha value is -1.14. The van der Waals surface area contributed by atoms with Crippen molar-refractivity contribution in [1.82, 2.24) is 14.7 Å². The Morgan fingerprint density at radius 3 is 2.67 bits per heavy atom.